The number of unbranched alkanes of at least 4 members (excludes halogenated alkanes) is 28. The summed E-state index contributed by atoms with van der Waals surface area (Å²) >= 11 is 0. The molecule has 0 N–H and O–H groups in total. The van der Waals surface area contributed by atoms with Gasteiger partial charge in [0.25, 0.3) is 0 Å². The summed E-state index contributed by atoms with van der Waals surface area (Å²) in [6.45, 7) is 6.51. The zero-order valence-corrected chi connectivity index (χ0v) is 40.4. The molecule has 0 spiro atoms. The van der Waals surface area contributed by atoms with Crippen LogP contribution in [0.1, 0.15) is 265 Å². The number of hydrogen-bond donors (Lipinski definition) is 0. The summed E-state index contributed by atoms with van der Waals surface area (Å²) in [5.41, 5.74) is 0. The molecular formula is C55H98O6. The van der Waals surface area contributed by atoms with Gasteiger partial charge in [-0.15, -0.1) is 0 Å². The number of ether oxygens (including phenoxy) is 3. The first-order valence-electron chi connectivity index (χ1n) is 26.1. The van der Waals surface area contributed by atoms with Crippen molar-refractivity contribution in [2.24, 2.45) is 0 Å². The molecule has 0 aliphatic carbocycles. The lowest BCUT2D eigenvalue weighted by molar-refractivity contribution is -0.167. The van der Waals surface area contributed by atoms with Crippen LogP contribution in [-0.2, 0) is 28.6 Å². The first-order valence-corrected chi connectivity index (χ1v) is 26.1. The summed E-state index contributed by atoms with van der Waals surface area (Å²) in [6.07, 6.45) is 59.5. The molecular weight excluding hydrogens is 757 g/mol. The highest BCUT2D eigenvalue weighted by atomic mass is 16.6. The Morgan fingerprint density at radius 2 is 0.639 bits per heavy atom. The van der Waals surface area contributed by atoms with Crippen molar-refractivity contribution in [3.05, 3.63) is 48.6 Å². The van der Waals surface area contributed by atoms with Crippen LogP contribution in [0.4, 0.5) is 0 Å². The van der Waals surface area contributed by atoms with Gasteiger partial charge in [-0.2, -0.15) is 0 Å². The third-order valence-electron chi connectivity index (χ3n) is 11.3. The van der Waals surface area contributed by atoms with E-state index in [1.807, 2.05) is 0 Å². The second kappa shape index (κ2) is 50.0. The Bertz CT molecular complexity index is 1070. The summed E-state index contributed by atoms with van der Waals surface area (Å²) < 4.78 is 16.8. The standard InChI is InChI=1S/C55H98O6/c1-4-7-10-13-16-19-22-25-27-30-33-36-39-42-45-48-54(57)60-51-52(50-59-53(56)47-44-41-38-35-32-29-24-21-18-15-12-9-6-3)61-55(58)49-46-43-40-37-34-31-28-26-23-20-17-14-11-8-5-2/h7,10,16,19,25-28,52H,4-6,8-9,11-15,17-18,20-24,29-51H2,1-3H3/b10-7-,19-16-,27-25-,28-26-. The van der Waals surface area contributed by atoms with Crippen LogP contribution in [0.15, 0.2) is 48.6 Å². The number of esters is 3. The Kier molecular flexibility index (Phi) is 47.9. The summed E-state index contributed by atoms with van der Waals surface area (Å²) in [5.74, 6) is -0.898. The minimum absolute atomic E-state index is 0.0797. The zero-order valence-electron chi connectivity index (χ0n) is 40.4. The van der Waals surface area contributed by atoms with Crippen LogP contribution in [0.2, 0.25) is 0 Å². The van der Waals surface area contributed by atoms with Gasteiger partial charge < -0.3 is 14.2 Å². The van der Waals surface area contributed by atoms with Crippen LogP contribution in [-0.4, -0.2) is 37.2 Å². The van der Waals surface area contributed by atoms with Crippen LogP contribution in [0.25, 0.3) is 0 Å². The number of hydrogen-bond acceptors (Lipinski definition) is 6. The van der Waals surface area contributed by atoms with Crippen LogP contribution >= 0.6 is 0 Å². The van der Waals surface area contributed by atoms with Gasteiger partial charge in [-0.25, -0.2) is 0 Å². The van der Waals surface area contributed by atoms with Gasteiger partial charge in [-0.1, -0.05) is 217 Å². The van der Waals surface area contributed by atoms with Gasteiger partial charge in [0.05, 0.1) is 0 Å². The maximum atomic E-state index is 12.8. The van der Waals surface area contributed by atoms with E-state index in [1.54, 1.807) is 0 Å². The van der Waals surface area contributed by atoms with Crippen molar-refractivity contribution in [3.63, 3.8) is 0 Å². The molecule has 1 unspecified atom stereocenters. The lowest BCUT2D eigenvalue weighted by Crippen LogP contribution is -2.30. The molecule has 0 bridgehead atoms. The maximum Gasteiger partial charge on any atom is 0.306 e. The molecule has 0 amide bonds. The molecule has 0 saturated heterocycles. The minimum Gasteiger partial charge on any atom is -0.462 e. The molecule has 6 heteroatoms. The molecule has 0 aliphatic rings. The molecule has 0 aromatic heterocycles. The van der Waals surface area contributed by atoms with Crippen molar-refractivity contribution < 1.29 is 28.6 Å². The van der Waals surface area contributed by atoms with E-state index >= 15 is 0 Å². The summed E-state index contributed by atoms with van der Waals surface area (Å²) in [6, 6.07) is 0. The Hall–Kier alpha value is -2.63. The van der Waals surface area contributed by atoms with E-state index in [0.717, 1.165) is 109 Å². The topological polar surface area (TPSA) is 78.9 Å². The average molecular weight is 855 g/mol. The van der Waals surface area contributed by atoms with E-state index in [1.165, 1.54) is 116 Å². The predicted molar refractivity (Wildman–Crippen MR) is 261 cm³/mol. The largest absolute Gasteiger partial charge is 0.462 e. The highest BCUT2D eigenvalue weighted by Gasteiger charge is 2.19. The van der Waals surface area contributed by atoms with E-state index in [4.69, 9.17) is 14.2 Å². The molecule has 0 aromatic carbocycles. The van der Waals surface area contributed by atoms with Crippen LogP contribution in [0.5, 0.6) is 0 Å². The third kappa shape index (κ3) is 48.3. The maximum absolute atomic E-state index is 12.8. The van der Waals surface area contributed by atoms with Crippen molar-refractivity contribution in [3.8, 4) is 0 Å². The second-order valence-corrected chi connectivity index (χ2v) is 17.4. The lowest BCUT2D eigenvalue weighted by Gasteiger charge is -2.18. The number of carbonyl (C=O) groups is 3. The Labute approximate surface area is 378 Å². The van der Waals surface area contributed by atoms with Crippen LogP contribution in [0, 0.1) is 0 Å². The van der Waals surface area contributed by atoms with E-state index in [-0.39, 0.29) is 31.1 Å². The molecule has 1 atom stereocenters. The predicted octanol–water partition coefficient (Wildman–Crippen LogP) is 17.1. The second-order valence-electron chi connectivity index (χ2n) is 17.4. The fourth-order valence-electron chi connectivity index (χ4n) is 7.39. The molecule has 61 heavy (non-hydrogen) atoms. The van der Waals surface area contributed by atoms with E-state index in [9.17, 15) is 14.4 Å². The molecule has 0 saturated carbocycles. The van der Waals surface area contributed by atoms with Gasteiger partial charge >= 0.3 is 17.9 Å². The SMILES string of the molecule is CC/C=C\C/C=C\C/C=C\CCCCCCCC(=O)OCC(COC(=O)CCCCCCCCCCCCCCC)OC(=O)CCCCCCC/C=C\CCCCCCCC. The fourth-order valence-corrected chi connectivity index (χ4v) is 7.39. The van der Waals surface area contributed by atoms with Crippen molar-refractivity contribution in [2.45, 2.75) is 271 Å². The molecule has 0 fully saturated rings. The number of allylic oxidation sites excluding steroid dienone is 8. The zero-order chi connectivity index (χ0) is 44.4. The molecule has 0 aliphatic heterocycles. The van der Waals surface area contributed by atoms with Gasteiger partial charge in [-0.3, -0.25) is 14.4 Å². The highest BCUT2D eigenvalue weighted by molar-refractivity contribution is 5.71. The van der Waals surface area contributed by atoms with Gasteiger partial charge in [0.1, 0.15) is 13.2 Å². The van der Waals surface area contributed by atoms with Crippen molar-refractivity contribution in [1.82, 2.24) is 0 Å². The molecule has 354 valence electrons. The van der Waals surface area contributed by atoms with Gasteiger partial charge in [0.2, 0.25) is 0 Å². The summed E-state index contributed by atoms with van der Waals surface area (Å²) in [7, 11) is 0. The lowest BCUT2D eigenvalue weighted by atomic mass is 10.0. The molecule has 6 nitrogen and oxygen atoms in total. The number of rotatable bonds is 47. The van der Waals surface area contributed by atoms with Crippen molar-refractivity contribution in [2.75, 3.05) is 13.2 Å². The van der Waals surface area contributed by atoms with E-state index < -0.39 is 6.10 Å². The smallest absolute Gasteiger partial charge is 0.306 e. The van der Waals surface area contributed by atoms with Crippen LogP contribution < -0.4 is 0 Å². The normalized spacial score (nSPS) is 12.4. The molecule has 0 rings (SSSR count). The fraction of sp³-hybridized carbons (Fsp3) is 0.800. The van der Waals surface area contributed by atoms with Gasteiger partial charge in [0, 0.05) is 19.3 Å². The van der Waals surface area contributed by atoms with Gasteiger partial charge in [-0.05, 0) is 77.0 Å². The summed E-state index contributed by atoms with van der Waals surface area (Å²) in [5, 5.41) is 0. The van der Waals surface area contributed by atoms with Crippen LogP contribution in [0.3, 0.4) is 0 Å². The van der Waals surface area contributed by atoms with Gasteiger partial charge in [0.15, 0.2) is 6.10 Å². The molecule has 0 radical (unpaired) electrons. The first kappa shape index (κ1) is 58.4. The Morgan fingerprint density at radius 1 is 0.344 bits per heavy atom. The number of carbonyl (C=O) groups excluding carboxylic acids is 3. The molecule has 0 aromatic rings. The highest BCUT2D eigenvalue weighted by Crippen LogP contribution is 2.15. The van der Waals surface area contributed by atoms with Crippen molar-refractivity contribution in [1.29, 1.82) is 0 Å². The molecule has 0 heterocycles. The Balaban J connectivity index is 4.40. The van der Waals surface area contributed by atoms with Crippen molar-refractivity contribution >= 4 is 17.9 Å². The minimum atomic E-state index is -0.781. The third-order valence-corrected chi connectivity index (χ3v) is 11.3. The quantitative estimate of drug-likeness (QED) is 0.0263. The average Bonchev–Trinajstić information content (AvgIpc) is 3.26. The summed E-state index contributed by atoms with van der Waals surface area (Å²) in [4.78, 5) is 38.0. The van der Waals surface area contributed by atoms with E-state index in [0.29, 0.717) is 19.3 Å². The monoisotopic (exact) mass is 855 g/mol. The Morgan fingerprint density at radius 3 is 1.02 bits per heavy atom. The van der Waals surface area contributed by atoms with E-state index in [2.05, 4.69) is 69.4 Å². The first-order chi connectivity index (χ1) is 30.0.